The number of piperidine rings is 1. The van der Waals surface area contributed by atoms with Crippen LogP contribution in [0.2, 0.25) is 0 Å². The highest BCUT2D eigenvalue weighted by molar-refractivity contribution is 5.85. The van der Waals surface area contributed by atoms with Crippen LogP contribution in [0, 0.1) is 11.3 Å². The zero-order valence-electron chi connectivity index (χ0n) is 18.5. The maximum absolute atomic E-state index is 12.7. The zero-order chi connectivity index (χ0) is 21.3. The molecule has 0 unspecified atom stereocenters. The number of guanidine groups is 1. The number of nitrogens with zero attached hydrogens (tertiary/aromatic N) is 3. The molecule has 0 spiro atoms. The number of carbonyl (C=O) groups is 2. The molecule has 1 saturated carbocycles. The third-order valence-electron chi connectivity index (χ3n) is 6.42. The Balaban J connectivity index is 1.64. The quantitative estimate of drug-likeness (QED) is 0.297. The average molecular weight is 409 g/mol. The summed E-state index contributed by atoms with van der Waals surface area (Å²) in [7, 11) is 5.45. The van der Waals surface area contributed by atoms with Crippen LogP contribution >= 0.6 is 0 Å². The van der Waals surface area contributed by atoms with Crippen LogP contribution in [0.5, 0.6) is 0 Å². The Morgan fingerprint density at radius 1 is 1.14 bits per heavy atom. The molecule has 0 atom stereocenters. The molecule has 1 aliphatic carbocycles. The number of hydrogen-bond acceptors (Lipinski definition) is 4. The summed E-state index contributed by atoms with van der Waals surface area (Å²) >= 11 is 0. The van der Waals surface area contributed by atoms with Gasteiger partial charge in [0.05, 0.1) is 5.41 Å². The first kappa shape index (κ1) is 23.4. The van der Waals surface area contributed by atoms with Crippen LogP contribution in [-0.4, -0.2) is 81.4 Å². The molecule has 29 heavy (non-hydrogen) atoms. The van der Waals surface area contributed by atoms with Gasteiger partial charge in [-0.15, -0.1) is 0 Å². The van der Waals surface area contributed by atoms with Crippen molar-refractivity contribution in [3.05, 3.63) is 0 Å². The molecule has 0 aromatic heterocycles. The van der Waals surface area contributed by atoms with Gasteiger partial charge in [-0.3, -0.25) is 14.6 Å². The summed E-state index contributed by atoms with van der Waals surface area (Å²) in [6.07, 6.45) is 8.05. The Morgan fingerprint density at radius 3 is 2.34 bits per heavy atom. The fourth-order valence-electron chi connectivity index (χ4n) is 4.57. The van der Waals surface area contributed by atoms with Crippen molar-refractivity contribution in [3.63, 3.8) is 0 Å². The number of amides is 2. The second-order valence-electron chi connectivity index (χ2n) is 8.76. The van der Waals surface area contributed by atoms with E-state index in [0.717, 1.165) is 83.5 Å². The number of likely N-dealkylation sites (tertiary alicyclic amines) is 1. The molecular formula is C21H40N6O2. The zero-order valence-corrected chi connectivity index (χ0v) is 18.5. The molecule has 1 saturated heterocycles. The van der Waals surface area contributed by atoms with Gasteiger partial charge in [-0.1, -0.05) is 12.8 Å². The molecule has 1 heterocycles. The molecule has 2 rings (SSSR count). The van der Waals surface area contributed by atoms with Crippen LogP contribution in [-0.2, 0) is 9.59 Å². The van der Waals surface area contributed by atoms with Crippen LogP contribution in [0.4, 0.5) is 0 Å². The topological polar surface area (TPSA) is 103 Å². The lowest BCUT2D eigenvalue weighted by molar-refractivity contribution is -0.138. The van der Waals surface area contributed by atoms with E-state index in [1.54, 1.807) is 11.9 Å². The van der Waals surface area contributed by atoms with Gasteiger partial charge < -0.3 is 26.2 Å². The van der Waals surface area contributed by atoms with Crippen LogP contribution in [0.15, 0.2) is 4.99 Å². The van der Waals surface area contributed by atoms with E-state index in [1.165, 1.54) is 0 Å². The minimum Gasteiger partial charge on any atom is -0.369 e. The van der Waals surface area contributed by atoms with Gasteiger partial charge in [0.25, 0.3) is 0 Å². The summed E-state index contributed by atoms with van der Waals surface area (Å²) in [4.78, 5) is 32.4. The van der Waals surface area contributed by atoms with Crippen molar-refractivity contribution < 1.29 is 9.59 Å². The second kappa shape index (κ2) is 11.4. The third kappa shape index (κ3) is 6.87. The van der Waals surface area contributed by atoms with E-state index >= 15 is 0 Å². The van der Waals surface area contributed by atoms with E-state index in [1.807, 2.05) is 14.1 Å². The number of aliphatic imine (C=N–C) groups is 1. The van der Waals surface area contributed by atoms with Crippen molar-refractivity contribution in [2.45, 2.75) is 51.4 Å². The highest BCUT2D eigenvalue weighted by Gasteiger charge is 2.42. The van der Waals surface area contributed by atoms with Crippen molar-refractivity contribution in [2.24, 2.45) is 22.1 Å². The summed E-state index contributed by atoms with van der Waals surface area (Å²) < 4.78 is 0. The standard InChI is InChI=1S/C21H40N6O2/c1-23-20(25-16-21(10-4-5-11-21)19(29)26(2)3)24-12-6-7-13-27-14-8-17(9-15-27)18(22)28/h17H,4-16H2,1-3H3,(H2,22,28)(H2,23,24,25). The van der Waals surface area contributed by atoms with Crippen LogP contribution in [0.3, 0.4) is 0 Å². The molecule has 0 radical (unpaired) electrons. The Kier molecular flexibility index (Phi) is 9.20. The average Bonchev–Trinajstić information content (AvgIpc) is 3.19. The van der Waals surface area contributed by atoms with Gasteiger partial charge in [-0.05, 0) is 58.2 Å². The number of rotatable bonds is 9. The molecule has 166 valence electrons. The Morgan fingerprint density at radius 2 is 1.79 bits per heavy atom. The number of nitrogens with two attached hydrogens (primary N) is 1. The van der Waals surface area contributed by atoms with Crippen molar-refractivity contribution in [1.82, 2.24) is 20.4 Å². The number of nitrogens with one attached hydrogen (secondary N) is 2. The lowest BCUT2D eigenvalue weighted by Crippen LogP contribution is -2.49. The van der Waals surface area contributed by atoms with Gasteiger partial charge >= 0.3 is 0 Å². The molecular weight excluding hydrogens is 368 g/mol. The molecule has 2 amide bonds. The Hall–Kier alpha value is -1.83. The highest BCUT2D eigenvalue weighted by Crippen LogP contribution is 2.38. The predicted octanol–water partition coefficient (Wildman–Crippen LogP) is 0.778. The number of carbonyl (C=O) groups excluding carboxylic acids is 2. The minimum atomic E-state index is -0.293. The van der Waals surface area contributed by atoms with Gasteiger partial charge in [0, 0.05) is 40.2 Å². The summed E-state index contributed by atoms with van der Waals surface area (Å²) in [6.45, 7) is 4.47. The van der Waals surface area contributed by atoms with E-state index in [9.17, 15) is 9.59 Å². The van der Waals surface area contributed by atoms with Crippen LogP contribution in [0.1, 0.15) is 51.4 Å². The molecule has 4 N–H and O–H groups in total. The predicted molar refractivity (Wildman–Crippen MR) is 117 cm³/mol. The summed E-state index contributed by atoms with van der Waals surface area (Å²) in [5.74, 6) is 0.896. The maximum Gasteiger partial charge on any atom is 0.230 e. The van der Waals surface area contributed by atoms with Gasteiger partial charge in [0.15, 0.2) is 5.96 Å². The van der Waals surface area contributed by atoms with Gasteiger partial charge in [-0.2, -0.15) is 0 Å². The van der Waals surface area contributed by atoms with E-state index < -0.39 is 0 Å². The van der Waals surface area contributed by atoms with E-state index in [4.69, 9.17) is 5.73 Å². The molecule has 0 aromatic rings. The van der Waals surface area contributed by atoms with Crippen molar-refractivity contribution >= 4 is 17.8 Å². The summed E-state index contributed by atoms with van der Waals surface area (Å²) in [5.41, 5.74) is 5.10. The van der Waals surface area contributed by atoms with Gasteiger partial charge in [0.1, 0.15) is 0 Å². The Labute approximate surface area is 175 Å². The van der Waals surface area contributed by atoms with Crippen molar-refractivity contribution in [2.75, 3.05) is 53.9 Å². The maximum atomic E-state index is 12.7. The Bertz CT molecular complexity index is 564. The first-order chi connectivity index (χ1) is 13.9. The fraction of sp³-hybridized carbons (Fsp3) is 0.857. The third-order valence-corrected chi connectivity index (χ3v) is 6.42. The van der Waals surface area contributed by atoms with Gasteiger partial charge in [0.2, 0.25) is 11.8 Å². The number of unbranched alkanes of at least 4 members (excludes halogenated alkanes) is 1. The molecule has 2 fully saturated rings. The highest BCUT2D eigenvalue weighted by atomic mass is 16.2. The lowest BCUT2D eigenvalue weighted by Gasteiger charge is -2.31. The summed E-state index contributed by atoms with van der Waals surface area (Å²) in [5, 5.41) is 6.75. The van der Waals surface area contributed by atoms with E-state index in [2.05, 4.69) is 20.5 Å². The van der Waals surface area contributed by atoms with Crippen LogP contribution < -0.4 is 16.4 Å². The van der Waals surface area contributed by atoms with Crippen LogP contribution in [0.25, 0.3) is 0 Å². The smallest absolute Gasteiger partial charge is 0.230 e. The molecule has 8 nitrogen and oxygen atoms in total. The lowest BCUT2D eigenvalue weighted by atomic mass is 9.84. The van der Waals surface area contributed by atoms with E-state index in [0.29, 0.717) is 6.54 Å². The van der Waals surface area contributed by atoms with Crippen molar-refractivity contribution in [1.29, 1.82) is 0 Å². The second-order valence-corrected chi connectivity index (χ2v) is 8.76. The molecule has 2 aliphatic rings. The van der Waals surface area contributed by atoms with E-state index in [-0.39, 0.29) is 23.1 Å². The SMILES string of the molecule is CN=C(NCCCCN1CCC(C(N)=O)CC1)NCC1(C(=O)N(C)C)CCCC1. The van der Waals surface area contributed by atoms with Crippen molar-refractivity contribution in [3.8, 4) is 0 Å². The van der Waals surface area contributed by atoms with Gasteiger partial charge in [-0.25, -0.2) is 0 Å². The number of hydrogen-bond donors (Lipinski definition) is 3. The monoisotopic (exact) mass is 408 g/mol. The molecule has 1 aliphatic heterocycles. The normalized spacial score (nSPS) is 20.4. The molecule has 8 heteroatoms. The number of primary amides is 1. The largest absolute Gasteiger partial charge is 0.369 e. The molecule has 0 aromatic carbocycles. The molecule has 0 bridgehead atoms. The first-order valence-corrected chi connectivity index (χ1v) is 11.1. The summed E-state index contributed by atoms with van der Waals surface area (Å²) in [6, 6.07) is 0. The fourth-order valence-corrected chi connectivity index (χ4v) is 4.57. The first-order valence-electron chi connectivity index (χ1n) is 11.1. The minimum absolute atomic E-state index is 0.0600.